The van der Waals surface area contributed by atoms with E-state index in [1.807, 2.05) is 54.6 Å². The van der Waals surface area contributed by atoms with Crippen LogP contribution in [-0.4, -0.2) is 18.2 Å². The van der Waals surface area contributed by atoms with Gasteiger partial charge in [-0.1, -0.05) is 54.6 Å². The molecule has 0 aliphatic rings. The Labute approximate surface area is 175 Å². The molecule has 4 rings (SSSR count). The summed E-state index contributed by atoms with van der Waals surface area (Å²) in [6.45, 7) is 1.67. The molecule has 4 heteroatoms. The molecule has 30 heavy (non-hydrogen) atoms. The molecule has 1 atom stereocenters. The molecule has 0 bridgehead atoms. The van der Waals surface area contributed by atoms with E-state index in [4.69, 9.17) is 9.47 Å². The zero-order chi connectivity index (χ0) is 21.1. The second kappa shape index (κ2) is 8.29. The number of methoxy groups -OCH3 is 1. The number of fused-ring (bicyclic) bond motifs is 1. The number of hydrogen-bond donors (Lipinski definition) is 1. The van der Waals surface area contributed by atoms with Crippen molar-refractivity contribution in [2.75, 3.05) is 7.11 Å². The van der Waals surface area contributed by atoms with Crippen LogP contribution in [0.4, 0.5) is 0 Å². The highest BCUT2D eigenvalue weighted by atomic mass is 16.5. The Kier molecular flexibility index (Phi) is 5.40. The molecular weight excluding hydrogens is 376 g/mol. The number of carboxylic acid groups (broad SMARTS) is 1. The normalized spacial score (nSPS) is 11.8. The third kappa shape index (κ3) is 3.85. The summed E-state index contributed by atoms with van der Waals surface area (Å²) in [6, 6.07) is 27.3. The molecule has 4 aromatic rings. The molecule has 1 N–H and O–H groups in total. The molecule has 0 spiro atoms. The first-order valence-corrected chi connectivity index (χ1v) is 9.73. The molecular formula is C26H22O4. The van der Waals surface area contributed by atoms with Gasteiger partial charge in [0, 0.05) is 10.9 Å². The third-order valence-corrected chi connectivity index (χ3v) is 5.25. The predicted octanol–water partition coefficient (Wildman–Crippen LogP) is 6.50. The van der Waals surface area contributed by atoms with Crippen molar-refractivity contribution in [3.63, 3.8) is 0 Å². The van der Waals surface area contributed by atoms with E-state index in [1.165, 1.54) is 0 Å². The lowest BCUT2D eigenvalue weighted by molar-refractivity contribution is -0.138. The molecule has 4 aromatic carbocycles. The topological polar surface area (TPSA) is 55.8 Å². The van der Waals surface area contributed by atoms with Gasteiger partial charge in [0.1, 0.15) is 17.2 Å². The first-order chi connectivity index (χ1) is 14.6. The lowest BCUT2D eigenvalue weighted by atomic mass is 9.99. The van der Waals surface area contributed by atoms with Crippen molar-refractivity contribution in [3.05, 3.63) is 90.5 Å². The van der Waals surface area contributed by atoms with Crippen molar-refractivity contribution >= 4 is 16.7 Å². The quantitative estimate of drug-likeness (QED) is 0.403. The largest absolute Gasteiger partial charge is 0.497 e. The monoisotopic (exact) mass is 398 g/mol. The summed E-state index contributed by atoms with van der Waals surface area (Å²) in [6.07, 6.45) is 0. The van der Waals surface area contributed by atoms with E-state index in [0.717, 1.165) is 39.0 Å². The van der Waals surface area contributed by atoms with Gasteiger partial charge in [0.25, 0.3) is 0 Å². The fraction of sp³-hybridized carbons (Fsp3) is 0.115. The van der Waals surface area contributed by atoms with E-state index in [1.54, 1.807) is 26.2 Å². The molecule has 0 aliphatic carbocycles. The van der Waals surface area contributed by atoms with Crippen molar-refractivity contribution in [1.29, 1.82) is 0 Å². The SMILES string of the molecule is COc1ccc(-c2ccc3ccccc3c2Oc2ccc(C(C)C(=O)O)cc2)cc1. The number of ether oxygens (including phenoxy) is 2. The highest BCUT2D eigenvalue weighted by Crippen LogP contribution is 2.40. The van der Waals surface area contributed by atoms with Crippen LogP contribution in [0.15, 0.2) is 84.9 Å². The van der Waals surface area contributed by atoms with Gasteiger partial charge in [0.05, 0.1) is 13.0 Å². The second-order valence-corrected chi connectivity index (χ2v) is 7.12. The van der Waals surface area contributed by atoms with Crippen LogP contribution in [0.5, 0.6) is 17.2 Å². The van der Waals surface area contributed by atoms with Crippen LogP contribution in [-0.2, 0) is 4.79 Å². The van der Waals surface area contributed by atoms with Crippen molar-refractivity contribution in [1.82, 2.24) is 0 Å². The van der Waals surface area contributed by atoms with Crippen LogP contribution in [0.1, 0.15) is 18.4 Å². The minimum Gasteiger partial charge on any atom is -0.497 e. The molecule has 0 saturated heterocycles. The Morgan fingerprint density at radius 2 is 1.50 bits per heavy atom. The summed E-state index contributed by atoms with van der Waals surface area (Å²) in [4.78, 5) is 11.2. The maximum absolute atomic E-state index is 11.2. The molecule has 0 heterocycles. The Balaban J connectivity index is 1.77. The molecule has 0 fully saturated rings. The van der Waals surface area contributed by atoms with Gasteiger partial charge >= 0.3 is 5.97 Å². The fourth-order valence-corrected chi connectivity index (χ4v) is 3.44. The first-order valence-electron chi connectivity index (χ1n) is 9.73. The van der Waals surface area contributed by atoms with Crippen LogP contribution < -0.4 is 9.47 Å². The lowest BCUT2D eigenvalue weighted by Crippen LogP contribution is -2.06. The maximum Gasteiger partial charge on any atom is 0.310 e. The van der Waals surface area contributed by atoms with Crippen molar-refractivity contribution in [2.45, 2.75) is 12.8 Å². The minimum absolute atomic E-state index is 0.563. The van der Waals surface area contributed by atoms with Crippen LogP contribution in [0.3, 0.4) is 0 Å². The average Bonchev–Trinajstić information content (AvgIpc) is 2.79. The van der Waals surface area contributed by atoms with E-state index in [9.17, 15) is 9.90 Å². The number of hydrogen-bond acceptors (Lipinski definition) is 3. The molecule has 1 unspecified atom stereocenters. The standard InChI is InChI=1S/C26H22O4/c1-17(26(27)28)18-7-14-22(15-8-18)30-25-23-6-4-3-5-19(23)11-16-24(25)20-9-12-21(29-2)13-10-20/h3-17H,1-2H3,(H,27,28). The molecule has 4 nitrogen and oxygen atoms in total. The molecule has 0 radical (unpaired) electrons. The smallest absolute Gasteiger partial charge is 0.310 e. The Morgan fingerprint density at radius 3 is 2.17 bits per heavy atom. The van der Waals surface area contributed by atoms with Gasteiger partial charge in [0.15, 0.2) is 0 Å². The van der Waals surface area contributed by atoms with Gasteiger partial charge in [-0.15, -0.1) is 0 Å². The van der Waals surface area contributed by atoms with Crippen LogP contribution in [0.25, 0.3) is 21.9 Å². The molecule has 0 aromatic heterocycles. The van der Waals surface area contributed by atoms with Crippen molar-refractivity contribution in [3.8, 4) is 28.4 Å². The summed E-state index contributed by atoms with van der Waals surface area (Å²) >= 11 is 0. The van der Waals surface area contributed by atoms with Crippen LogP contribution in [0, 0.1) is 0 Å². The van der Waals surface area contributed by atoms with E-state index in [-0.39, 0.29) is 0 Å². The second-order valence-electron chi connectivity index (χ2n) is 7.12. The minimum atomic E-state index is -0.848. The fourth-order valence-electron chi connectivity index (χ4n) is 3.44. The molecule has 0 amide bonds. The zero-order valence-corrected chi connectivity index (χ0v) is 16.8. The van der Waals surface area contributed by atoms with Crippen LogP contribution >= 0.6 is 0 Å². The summed E-state index contributed by atoms with van der Waals surface area (Å²) in [7, 11) is 1.65. The average molecular weight is 398 g/mol. The number of aliphatic carboxylic acids is 1. The lowest BCUT2D eigenvalue weighted by Gasteiger charge is -2.16. The van der Waals surface area contributed by atoms with Crippen molar-refractivity contribution in [2.24, 2.45) is 0 Å². The van der Waals surface area contributed by atoms with Gasteiger partial charge in [-0.05, 0) is 53.8 Å². The van der Waals surface area contributed by atoms with Gasteiger partial charge in [0.2, 0.25) is 0 Å². The zero-order valence-electron chi connectivity index (χ0n) is 16.8. The highest BCUT2D eigenvalue weighted by molar-refractivity contribution is 5.95. The maximum atomic E-state index is 11.2. The van der Waals surface area contributed by atoms with E-state index < -0.39 is 11.9 Å². The Morgan fingerprint density at radius 1 is 0.833 bits per heavy atom. The molecule has 0 saturated carbocycles. The number of carbonyl (C=O) groups is 1. The van der Waals surface area contributed by atoms with Gasteiger partial charge in [-0.3, -0.25) is 4.79 Å². The Hall–Kier alpha value is -3.79. The van der Waals surface area contributed by atoms with Gasteiger partial charge < -0.3 is 14.6 Å². The number of carboxylic acids is 1. The summed E-state index contributed by atoms with van der Waals surface area (Å²) in [5, 5.41) is 11.3. The van der Waals surface area contributed by atoms with Gasteiger partial charge in [-0.25, -0.2) is 0 Å². The molecule has 0 aliphatic heterocycles. The highest BCUT2D eigenvalue weighted by Gasteiger charge is 2.15. The number of rotatable bonds is 6. The summed E-state index contributed by atoms with van der Waals surface area (Å²) in [5.74, 6) is 0.802. The predicted molar refractivity (Wildman–Crippen MR) is 119 cm³/mol. The first kappa shape index (κ1) is 19.5. The van der Waals surface area contributed by atoms with E-state index in [0.29, 0.717) is 5.75 Å². The van der Waals surface area contributed by atoms with E-state index >= 15 is 0 Å². The third-order valence-electron chi connectivity index (χ3n) is 5.25. The van der Waals surface area contributed by atoms with Gasteiger partial charge in [-0.2, -0.15) is 0 Å². The Bertz CT molecular complexity index is 1180. The summed E-state index contributed by atoms with van der Waals surface area (Å²) < 4.78 is 11.6. The van der Waals surface area contributed by atoms with Crippen molar-refractivity contribution < 1.29 is 19.4 Å². The number of benzene rings is 4. The summed E-state index contributed by atoms with van der Waals surface area (Å²) in [5.41, 5.74) is 2.73. The van der Waals surface area contributed by atoms with Crippen LogP contribution in [0.2, 0.25) is 0 Å². The molecule has 150 valence electrons. The van der Waals surface area contributed by atoms with E-state index in [2.05, 4.69) is 18.2 Å².